The summed E-state index contributed by atoms with van der Waals surface area (Å²) in [5.41, 5.74) is -3.90. The Kier molecular flexibility index (Phi) is 4.45. The van der Waals surface area contributed by atoms with E-state index in [2.05, 4.69) is 14.1 Å². The molecule has 2 aromatic rings. The first-order valence-corrected chi connectivity index (χ1v) is 6.07. The summed E-state index contributed by atoms with van der Waals surface area (Å²) in [7, 11) is 0. The lowest BCUT2D eigenvalue weighted by Crippen LogP contribution is -2.11. The van der Waals surface area contributed by atoms with Gasteiger partial charge in [0.05, 0.1) is 11.1 Å². The van der Waals surface area contributed by atoms with Crippen molar-refractivity contribution in [3.63, 3.8) is 0 Å². The summed E-state index contributed by atoms with van der Waals surface area (Å²) in [4.78, 5) is 13.8. The summed E-state index contributed by atoms with van der Waals surface area (Å²) < 4.78 is 85.8. The molecular weight excluding hydrogens is 348 g/mol. The summed E-state index contributed by atoms with van der Waals surface area (Å²) >= 11 is 0. The second-order valence-electron chi connectivity index (χ2n) is 4.48. The lowest BCUT2D eigenvalue weighted by molar-refractivity contribution is -0.143. The molecule has 0 radical (unpaired) electrons. The summed E-state index contributed by atoms with van der Waals surface area (Å²) in [6.45, 7) is -0.837. The molecule has 0 aliphatic rings. The molecule has 0 aliphatic heterocycles. The number of hydrogen-bond acceptors (Lipinski definition) is 4. The van der Waals surface area contributed by atoms with Gasteiger partial charge in [-0.1, -0.05) is 0 Å². The van der Waals surface area contributed by atoms with E-state index in [1.54, 1.807) is 0 Å². The first-order valence-electron chi connectivity index (χ1n) is 6.07. The maximum absolute atomic E-state index is 12.8. The molecule has 0 unspecified atom stereocenters. The first kappa shape index (κ1) is 17.6. The van der Waals surface area contributed by atoms with Crippen LogP contribution in [0.2, 0.25) is 0 Å². The van der Waals surface area contributed by atoms with Gasteiger partial charge in [-0.15, -0.1) is 0 Å². The number of halogens is 6. The first-order chi connectivity index (χ1) is 11.0. The molecule has 130 valence electrons. The topological polar surface area (TPSA) is 72.6 Å². The lowest BCUT2D eigenvalue weighted by Gasteiger charge is -2.13. The number of ether oxygens (including phenoxy) is 1. The van der Waals surface area contributed by atoms with Gasteiger partial charge in [-0.25, -0.2) is 4.79 Å². The third-order valence-electron chi connectivity index (χ3n) is 2.69. The second-order valence-corrected chi connectivity index (χ2v) is 4.48. The summed E-state index contributed by atoms with van der Waals surface area (Å²) in [5.74, 6) is -1.37. The molecule has 0 bridgehead atoms. The average molecular weight is 355 g/mol. The Bertz CT molecular complexity index is 717. The minimum absolute atomic E-state index is 0.0224. The molecule has 11 heteroatoms. The fraction of sp³-hybridized carbons (Fsp3) is 0.231. The zero-order valence-electron chi connectivity index (χ0n) is 11.4. The van der Waals surface area contributed by atoms with E-state index in [0.717, 1.165) is 6.26 Å². The van der Waals surface area contributed by atoms with Crippen molar-refractivity contribution in [2.75, 3.05) is 6.61 Å². The van der Waals surface area contributed by atoms with E-state index in [-0.39, 0.29) is 11.8 Å². The van der Waals surface area contributed by atoms with Gasteiger partial charge in [0, 0.05) is 5.56 Å². The fourth-order valence-corrected chi connectivity index (χ4v) is 1.68. The largest absolute Gasteiger partial charge is 0.479 e. The Morgan fingerprint density at radius 1 is 1.08 bits per heavy atom. The number of nitrogens with zero attached hydrogens (tertiary/aromatic N) is 1. The number of carboxylic acids is 1. The predicted molar refractivity (Wildman–Crippen MR) is 65.1 cm³/mol. The lowest BCUT2D eigenvalue weighted by atomic mass is 10.0. The zero-order valence-corrected chi connectivity index (χ0v) is 11.4. The van der Waals surface area contributed by atoms with Crippen LogP contribution in [-0.2, 0) is 17.1 Å². The molecule has 5 nitrogen and oxygen atoms in total. The Labute approximate surface area is 129 Å². The van der Waals surface area contributed by atoms with Crippen LogP contribution >= 0.6 is 0 Å². The van der Waals surface area contributed by atoms with Crippen molar-refractivity contribution in [2.24, 2.45) is 0 Å². The van der Waals surface area contributed by atoms with Gasteiger partial charge in [0.1, 0.15) is 12.0 Å². The second kappa shape index (κ2) is 6.06. The number of hydrogen-bond donors (Lipinski definition) is 1. The van der Waals surface area contributed by atoms with Gasteiger partial charge in [0.25, 0.3) is 0 Å². The van der Waals surface area contributed by atoms with Crippen LogP contribution < -0.4 is 4.74 Å². The minimum Gasteiger partial charge on any atom is -0.479 e. The quantitative estimate of drug-likeness (QED) is 0.844. The van der Waals surface area contributed by atoms with E-state index in [1.807, 2.05) is 0 Å². The Balaban J connectivity index is 2.44. The van der Waals surface area contributed by atoms with Crippen LogP contribution in [0.15, 0.2) is 28.9 Å². The number of aliphatic carboxylic acids is 1. The van der Waals surface area contributed by atoms with Gasteiger partial charge in [-0.3, -0.25) is 0 Å². The maximum atomic E-state index is 12.8. The van der Waals surface area contributed by atoms with Crippen LogP contribution in [-0.4, -0.2) is 22.7 Å². The standard InChI is InChI=1S/C13H7F6NO4/c14-12(15,16)7-1-6(2-8(3-7)13(17,18)19)9-4-23-11(20-9)24-5-10(21)22/h1-4H,5H2,(H,21,22). The van der Waals surface area contributed by atoms with Gasteiger partial charge >= 0.3 is 24.4 Å². The van der Waals surface area contributed by atoms with Crippen molar-refractivity contribution in [3.05, 3.63) is 35.6 Å². The van der Waals surface area contributed by atoms with E-state index in [1.165, 1.54) is 0 Å². The Morgan fingerprint density at radius 3 is 2.08 bits per heavy atom. The van der Waals surface area contributed by atoms with E-state index in [4.69, 9.17) is 5.11 Å². The number of aromatic nitrogens is 1. The predicted octanol–water partition coefficient (Wildman–Crippen LogP) is 3.84. The molecule has 0 saturated heterocycles. The van der Waals surface area contributed by atoms with Gasteiger partial charge in [0.15, 0.2) is 6.61 Å². The molecule has 1 aromatic carbocycles. The number of oxazole rings is 1. The van der Waals surface area contributed by atoms with Gasteiger partial charge in [0.2, 0.25) is 0 Å². The summed E-state index contributed by atoms with van der Waals surface area (Å²) in [6.07, 6.45) is -9.84. The number of alkyl halides is 6. The molecule has 0 aliphatic carbocycles. The van der Waals surface area contributed by atoms with E-state index in [9.17, 15) is 31.1 Å². The van der Waals surface area contributed by atoms with Crippen molar-refractivity contribution in [1.82, 2.24) is 4.98 Å². The van der Waals surface area contributed by atoms with Crippen molar-refractivity contribution in [3.8, 4) is 17.3 Å². The third kappa shape index (κ3) is 4.18. The van der Waals surface area contributed by atoms with Gasteiger partial charge in [-0.2, -0.15) is 31.3 Å². The van der Waals surface area contributed by atoms with Gasteiger partial charge < -0.3 is 14.3 Å². The minimum atomic E-state index is -5.00. The van der Waals surface area contributed by atoms with Crippen LogP contribution in [0.4, 0.5) is 26.3 Å². The van der Waals surface area contributed by atoms with Crippen LogP contribution in [0, 0.1) is 0 Å². The van der Waals surface area contributed by atoms with E-state index < -0.39 is 47.7 Å². The van der Waals surface area contributed by atoms with Crippen molar-refractivity contribution >= 4 is 5.97 Å². The molecule has 0 fully saturated rings. The molecule has 2 rings (SSSR count). The smallest absolute Gasteiger partial charge is 0.416 e. The van der Waals surface area contributed by atoms with Crippen LogP contribution in [0.1, 0.15) is 11.1 Å². The number of carbonyl (C=O) groups is 1. The average Bonchev–Trinajstić information content (AvgIpc) is 2.91. The molecule has 1 heterocycles. The zero-order chi connectivity index (χ0) is 18.1. The van der Waals surface area contributed by atoms with Crippen LogP contribution in [0.5, 0.6) is 6.08 Å². The highest BCUT2D eigenvalue weighted by molar-refractivity contribution is 5.68. The molecule has 0 amide bonds. The van der Waals surface area contributed by atoms with E-state index >= 15 is 0 Å². The SMILES string of the molecule is O=C(O)COc1nc(-c2cc(C(F)(F)F)cc(C(F)(F)F)c2)co1. The van der Waals surface area contributed by atoms with Crippen LogP contribution in [0.25, 0.3) is 11.3 Å². The monoisotopic (exact) mass is 355 g/mol. The van der Waals surface area contributed by atoms with Crippen LogP contribution in [0.3, 0.4) is 0 Å². The summed E-state index contributed by atoms with van der Waals surface area (Å²) in [6, 6.07) is 0.910. The highest BCUT2D eigenvalue weighted by Gasteiger charge is 2.37. The highest BCUT2D eigenvalue weighted by atomic mass is 19.4. The fourth-order valence-electron chi connectivity index (χ4n) is 1.68. The molecule has 1 N–H and O–H groups in total. The molecule has 1 aromatic heterocycles. The molecule has 24 heavy (non-hydrogen) atoms. The molecule has 0 atom stereocenters. The number of rotatable bonds is 4. The third-order valence-corrected chi connectivity index (χ3v) is 2.69. The van der Waals surface area contributed by atoms with E-state index in [0.29, 0.717) is 12.1 Å². The van der Waals surface area contributed by atoms with Crippen molar-refractivity contribution in [2.45, 2.75) is 12.4 Å². The number of benzene rings is 1. The van der Waals surface area contributed by atoms with Crippen molar-refractivity contribution in [1.29, 1.82) is 0 Å². The van der Waals surface area contributed by atoms with Gasteiger partial charge in [-0.05, 0) is 18.2 Å². The molecule has 0 saturated carbocycles. The summed E-state index contributed by atoms with van der Waals surface area (Å²) in [5, 5.41) is 8.41. The number of carboxylic acid groups (broad SMARTS) is 1. The normalized spacial score (nSPS) is 12.2. The van der Waals surface area contributed by atoms with Crippen molar-refractivity contribution < 1.29 is 45.4 Å². The highest BCUT2D eigenvalue weighted by Crippen LogP contribution is 2.38. The Hall–Kier alpha value is -2.72. The maximum Gasteiger partial charge on any atom is 0.416 e. The Morgan fingerprint density at radius 2 is 1.62 bits per heavy atom. The molecule has 0 spiro atoms. The molecular formula is C13H7F6NO4.